The van der Waals surface area contributed by atoms with E-state index in [-0.39, 0.29) is 28.4 Å². The van der Waals surface area contributed by atoms with Crippen LogP contribution in [0.5, 0.6) is 0 Å². The first kappa shape index (κ1) is 17.7. The second-order valence-corrected chi connectivity index (χ2v) is 7.09. The molecule has 0 aliphatic carbocycles. The largest absolute Gasteiger partial charge is 0.465 e. The van der Waals surface area contributed by atoms with Gasteiger partial charge in [-0.2, -0.15) is 0 Å². The van der Waals surface area contributed by atoms with Crippen LogP contribution >= 0.6 is 0 Å². The lowest BCUT2D eigenvalue weighted by molar-refractivity contribution is 0.0431. The summed E-state index contributed by atoms with van der Waals surface area (Å²) in [5.74, 6) is -1.18. The molecule has 8 heteroatoms. The molecule has 1 heterocycles. The fourth-order valence-corrected chi connectivity index (χ4v) is 2.65. The smallest absolute Gasteiger partial charge is 0.341 e. The molecule has 0 amide bonds. The highest BCUT2D eigenvalue weighted by atomic mass is 32.2. The molecule has 2 rings (SSSR count). The van der Waals surface area contributed by atoms with Gasteiger partial charge in [-0.25, -0.2) is 18.0 Å². The number of carbonyl (C=O) groups excluding carboxylic acids is 2. The van der Waals surface area contributed by atoms with Crippen LogP contribution in [0, 0.1) is 6.92 Å². The fourth-order valence-electron chi connectivity index (χ4n) is 2.00. The van der Waals surface area contributed by atoms with Gasteiger partial charge in [0.15, 0.2) is 22.2 Å². The van der Waals surface area contributed by atoms with Gasteiger partial charge >= 0.3 is 11.9 Å². The van der Waals surface area contributed by atoms with Crippen LogP contribution in [0.25, 0.3) is 0 Å². The number of carbonyl (C=O) groups is 2. The molecule has 1 aromatic carbocycles. The third kappa shape index (κ3) is 3.83. The zero-order valence-corrected chi connectivity index (χ0v) is 14.2. The Labute approximate surface area is 139 Å². The lowest BCUT2D eigenvalue weighted by Crippen LogP contribution is -2.10. The highest BCUT2D eigenvalue weighted by Crippen LogP contribution is 2.18. The second-order valence-electron chi connectivity index (χ2n) is 5.07. The lowest BCUT2D eigenvalue weighted by atomic mass is 10.1. The number of methoxy groups -OCH3 is 1. The molecule has 0 saturated carbocycles. The minimum Gasteiger partial charge on any atom is -0.465 e. The van der Waals surface area contributed by atoms with Gasteiger partial charge in [-0.1, -0.05) is 6.07 Å². The van der Waals surface area contributed by atoms with Gasteiger partial charge in [0.2, 0.25) is 0 Å². The van der Waals surface area contributed by atoms with Crippen molar-refractivity contribution in [2.45, 2.75) is 18.4 Å². The average molecular weight is 352 g/mol. The number of hydrogen-bond acceptors (Lipinski definition) is 7. The maximum absolute atomic E-state index is 12.2. The lowest BCUT2D eigenvalue weighted by Gasteiger charge is -2.08. The van der Waals surface area contributed by atoms with Crippen molar-refractivity contribution in [1.29, 1.82) is 0 Å². The van der Waals surface area contributed by atoms with Crippen molar-refractivity contribution in [3.05, 3.63) is 53.0 Å². The Morgan fingerprint density at radius 3 is 2.46 bits per heavy atom. The van der Waals surface area contributed by atoms with E-state index in [0.717, 1.165) is 6.26 Å². The summed E-state index contributed by atoms with van der Waals surface area (Å²) in [6.07, 6.45) is 2.34. The average Bonchev–Trinajstić information content (AvgIpc) is 2.99. The first-order chi connectivity index (χ1) is 11.2. The maximum atomic E-state index is 12.2. The van der Waals surface area contributed by atoms with Gasteiger partial charge in [0.1, 0.15) is 5.56 Å². The van der Waals surface area contributed by atoms with Crippen LogP contribution in [0.2, 0.25) is 0 Å². The molecule has 128 valence electrons. The summed E-state index contributed by atoms with van der Waals surface area (Å²) < 4.78 is 38.0. The summed E-state index contributed by atoms with van der Waals surface area (Å²) in [7, 11) is -2.22. The van der Waals surface area contributed by atoms with Crippen molar-refractivity contribution in [3.63, 3.8) is 0 Å². The molecular formula is C16H16O7S. The van der Waals surface area contributed by atoms with Gasteiger partial charge in [-0.05, 0) is 30.7 Å². The third-order valence-corrected chi connectivity index (χ3v) is 4.45. The monoisotopic (exact) mass is 352 g/mol. The van der Waals surface area contributed by atoms with Crippen molar-refractivity contribution in [3.8, 4) is 0 Å². The standard InChI is InChI=1S/C16H16O7S/c1-10-4-5-11(24(3,19)20)8-13(10)16(18)23-9-14-12(6-7-22-14)15(17)21-2/h4-8H,9H2,1-3H3. The van der Waals surface area contributed by atoms with Crippen LogP contribution in [-0.2, 0) is 25.9 Å². The van der Waals surface area contributed by atoms with Gasteiger partial charge in [0.05, 0.1) is 23.8 Å². The molecule has 0 fully saturated rings. The molecule has 0 spiro atoms. The van der Waals surface area contributed by atoms with Gasteiger partial charge < -0.3 is 13.9 Å². The van der Waals surface area contributed by atoms with Crippen LogP contribution in [0.15, 0.2) is 39.8 Å². The van der Waals surface area contributed by atoms with Crippen molar-refractivity contribution in [2.75, 3.05) is 13.4 Å². The van der Waals surface area contributed by atoms with Crippen LogP contribution in [0.4, 0.5) is 0 Å². The van der Waals surface area contributed by atoms with E-state index < -0.39 is 21.8 Å². The van der Waals surface area contributed by atoms with Gasteiger partial charge in [-0.15, -0.1) is 0 Å². The van der Waals surface area contributed by atoms with E-state index in [1.54, 1.807) is 6.92 Å². The normalized spacial score (nSPS) is 11.1. The predicted octanol–water partition coefficient (Wildman–Crippen LogP) is 2.14. The summed E-state index contributed by atoms with van der Waals surface area (Å²) in [4.78, 5) is 23.8. The molecule has 1 aromatic heterocycles. The highest BCUT2D eigenvalue weighted by molar-refractivity contribution is 7.90. The number of esters is 2. The molecule has 0 unspecified atom stereocenters. The minimum atomic E-state index is -3.44. The Morgan fingerprint density at radius 2 is 1.83 bits per heavy atom. The van der Waals surface area contributed by atoms with E-state index in [9.17, 15) is 18.0 Å². The number of furan rings is 1. The number of sulfone groups is 1. The van der Waals surface area contributed by atoms with Crippen LogP contribution in [-0.4, -0.2) is 33.7 Å². The topological polar surface area (TPSA) is 99.9 Å². The van der Waals surface area contributed by atoms with Gasteiger partial charge in [0, 0.05) is 6.26 Å². The van der Waals surface area contributed by atoms with Crippen LogP contribution < -0.4 is 0 Å². The van der Waals surface area contributed by atoms with E-state index in [2.05, 4.69) is 4.74 Å². The molecule has 0 radical (unpaired) electrons. The zero-order valence-electron chi connectivity index (χ0n) is 13.4. The van der Waals surface area contributed by atoms with Crippen molar-refractivity contribution in [1.82, 2.24) is 0 Å². The number of rotatable bonds is 5. The van der Waals surface area contributed by atoms with Gasteiger partial charge in [-0.3, -0.25) is 0 Å². The van der Waals surface area contributed by atoms with E-state index >= 15 is 0 Å². The summed E-state index contributed by atoms with van der Waals surface area (Å²) in [6.45, 7) is 1.38. The third-order valence-electron chi connectivity index (χ3n) is 3.34. The first-order valence-electron chi connectivity index (χ1n) is 6.86. The van der Waals surface area contributed by atoms with E-state index in [1.165, 1.54) is 37.6 Å². The van der Waals surface area contributed by atoms with Crippen molar-refractivity contribution in [2.24, 2.45) is 0 Å². The van der Waals surface area contributed by atoms with E-state index in [0.29, 0.717) is 5.56 Å². The predicted molar refractivity (Wildman–Crippen MR) is 83.5 cm³/mol. The Balaban J connectivity index is 2.20. The SMILES string of the molecule is COC(=O)c1ccoc1COC(=O)c1cc(S(C)(=O)=O)ccc1C. The summed E-state index contributed by atoms with van der Waals surface area (Å²) in [5.41, 5.74) is 0.857. The second kappa shape index (κ2) is 6.88. The number of aryl methyl sites for hydroxylation is 1. The van der Waals surface area contributed by atoms with E-state index in [4.69, 9.17) is 9.15 Å². The summed E-state index contributed by atoms with van der Waals surface area (Å²) >= 11 is 0. The number of ether oxygens (including phenoxy) is 2. The molecule has 0 aliphatic heterocycles. The van der Waals surface area contributed by atoms with Crippen molar-refractivity contribution >= 4 is 21.8 Å². The summed E-state index contributed by atoms with van der Waals surface area (Å²) in [5, 5.41) is 0. The molecule has 7 nitrogen and oxygen atoms in total. The quantitative estimate of drug-likeness (QED) is 0.760. The van der Waals surface area contributed by atoms with E-state index in [1.807, 2.05) is 0 Å². The van der Waals surface area contributed by atoms with Gasteiger partial charge in [0.25, 0.3) is 0 Å². The highest BCUT2D eigenvalue weighted by Gasteiger charge is 2.19. The molecule has 0 bridgehead atoms. The first-order valence-corrected chi connectivity index (χ1v) is 8.75. The fraction of sp³-hybridized carbons (Fsp3) is 0.250. The Hall–Kier alpha value is -2.61. The Kier molecular flexibility index (Phi) is 5.08. The Morgan fingerprint density at radius 1 is 1.12 bits per heavy atom. The molecule has 2 aromatic rings. The number of hydrogen-bond donors (Lipinski definition) is 0. The number of benzene rings is 1. The minimum absolute atomic E-state index is 0.0216. The molecule has 0 N–H and O–H groups in total. The van der Waals surface area contributed by atoms with Crippen LogP contribution in [0.3, 0.4) is 0 Å². The zero-order chi connectivity index (χ0) is 17.9. The maximum Gasteiger partial charge on any atom is 0.341 e. The molecule has 0 atom stereocenters. The molecule has 0 aliphatic rings. The van der Waals surface area contributed by atoms with Crippen LogP contribution in [0.1, 0.15) is 32.0 Å². The molecule has 24 heavy (non-hydrogen) atoms. The molecular weight excluding hydrogens is 336 g/mol. The summed E-state index contributed by atoms with van der Waals surface area (Å²) in [6, 6.07) is 5.62. The Bertz CT molecular complexity index is 878. The molecule has 0 saturated heterocycles. The van der Waals surface area contributed by atoms with Crippen molar-refractivity contribution < 1.29 is 31.9 Å².